The first kappa shape index (κ1) is 16.0. The van der Waals surface area contributed by atoms with E-state index in [2.05, 4.69) is 20.9 Å². The molecule has 0 bridgehead atoms. The van der Waals surface area contributed by atoms with Crippen LogP contribution in [0.2, 0.25) is 0 Å². The molecule has 1 saturated carbocycles. The standard InChI is InChI=1S/C14H13BrF3NO2/c1-21-11-7-9(14(16,17)18)6-10(15)12(11)13(19-8-20)4-2-3-5-13/h6-7H,2-5H2,1H3. The maximum atomic E-state index is 12.9. The number of carbonyl (C=O) groups excluding carboxylic acids is 1. The van der Waals surface area contributed by atoms with Gasteiger partial charge >= 0.3 is 6.18 Å². The summed E-state index contributed by atoms with van der Waals surface area (Å²) >= 11 is 3.18. The number of ether oxygens (including phenoxy) is 1. The highest BCUT2D eigenvalue weighted by Gasteiger charge is 2.41. The fourth-order valence-corrected chi connectivity index (χ4v) is 3.63. The van der Waals surface area contributed by atoms with Gasteiger partial charge in [0.2, 0.25) is 6.08 Å². The summed E-state index contributed by atoms with van der Waals surface area (Å²) in [7, 11) is 1.30. The van der Waals surface area contributed by atoms with E-state index in [4.69, 9.17) is 4.74 Å². The van der Waals surface area contributed by atoms with Crippen molar-refractivity contribution in [2.75, 3.05) is 7.11 Å². The molecule has 0 atom stereocenters. The molecule has 3 nitrogen and oxygen atoms in total. The first-order valence-corrected chi connectivity index (χ1v) is 7.17. The van der Waals surface area contributed by atoms with Gasteiger partial charge in [-0.2, -0.15) is 18.2 Å². The Bertz CT molecular complexity index is 589. The molecular formula is C14H13BrF3NO2. The van der Waals surface area contributed by atoms with Gasteiger partial charge in [-0.1, -0.05) is 28.8 Å². The van der Waals surface area contributed by atoms with Gasteiger partial charge in [-0.05, 0) is 25.0 Å². The van der Waals surface area contributed by atoms with Crippen LogP contribution in [0.25, 0.3) is 0 Å². The number of rotatable bonds is 3. The predicted molar refractivity (Wildman–Crippen MR) is 74.0 cm³/mol. The molecule has 114 valence electrons. The van der Waals surface area contributed by atoms with E-state index >= 15 is 0 Å². The molecule has 0 aliphatic heterocycles. The third-order valence-electron chi connectivity index (χ3n) is 3.76. The van der Waals surface area contributed by atoms with Gasteiger partial charge in [0.1, 0.15) is 11.3 Å². The zero-order valence-electron chi connectivity index (χ0n) is 11.3. The van der Waals surface area contributed by atoms with E-state index in [9.17, 15) is 18.0 Å². The van der Waals surface area contributed by atoms with Crippen LogP contribution in [0.5, 0.6) is 5.75 Å². The summed E-state index contributed by atoms with van der Waals surface area (Å²) in [6.45, 7) is 0. The van der Waals surface area contributed by atoms with Gasteiger partial charge in [-0.25, -0.2) is 4.79 Å². The molecule has 0 saturated heterocycles. The molecule has 1 aromatic rings. The third kappa shape index (κ3) is 2.99. The van der Waals surface area contributed by atoms with Gasteiger partial charge in [0, 0.05) is 10.0 Å². The quantitative estimate of drug-likeness (QED) is 0.582. The normalized spacial score (nSPS) is 17.4. The Morgan fingerprint density at radius 1 is 1.33 bits per heavy atom. The lowest BCUT2D eigenvalue weighted by Crippen LogP contribution is -2.21. The van der Waals surface area contributed by atoms with Crippen LogP contribution in [0.15, 0.2) is 21.6 Å². The Kier molecular flexibility index (Phi) is 4.44. The lowest BCUT2D eigenvalue weighted by molar-refractivity contribution is -0.137. The lowest BCUT2D eigenvalue weighted by Gasteiger charge is -2.27. The molecule has 0 unspecified atom stereocenters. The van der Waals surface area contributed by atoms with Crippen LogP contribution in [-0.4, -0.2) is 13.2 Å². The average molecular weight is 364 g/mol. The van der Waals surface area contributed by atoms with Crippen LogP contribution in [0, 0.1) is 0 Å². The molecule has 1 aliphatic carbocycles. The molecule has 7 heteroatoms. The first-order valence-electron chi connectivity index (χ1n) is 6.38. The Morgan fingerprint density at radius 3 is 2.43 bits per heavy atom. The number of nitrogens with zero attached hydrogens (tertiary/aromatic N) is 1. The fraction of sp³-hybridized carbons (Fsp3) is 0.500. The number of hydrogen-bond acceptors (Lipinski definition) is 3. The third-order valence-corrected chi connectivity index (χ3v) is 4.38. The van der Waals surface area contributed by atoms with E-state index in [1.165, 1.54) is 7.11 Å². The smallest absolute Gasteiger partial charge is 0.416 e. The Hall–Kier alpha value is -1.33. The van der Waals surface area contributed by atoms with Crippen molar-refractivity contribution in [2.24, 2.45) is 4.99 Å². The van der Waals surface area contributed by atoms with Crippen LogP contribution in [-0.2, 0) is 16.5 Å². The number of aliphatic imine (C=N–C) groups is 1. The number of isocyanates is 1. The number of halogens is 4. The minimum atomic E-state index is -4.47. The maximum Gasteiger partial charge on any atom is 0.416 e. The minimum Gasteiger partial charge on any atom is -0.496 e. The molecule has 1 aliphatic rings. The number of methoxy groups -OCH3 is 1. The van der Waals surface area contributed by atoms with E-state index in [0.717, 1.165) is 25.0 Å². The van der Waals surface area contributed by atoms with Gasteiger partial charge in [-0.15, -0.1) is 0 Å². The highest BCUT2D eigenvalue weighted by Crippen LogP contribution is 2.50. The molecule has 0 amide bonds. The van der Waals surface area contributed by atoms with Gasteiger partial charge in [0.05, 0.1) is 12.7 Å². The molecule has 2 rings (SSSR count). The summed E-state index contributed by atoms with van der Waals surface area (Å²) in [5.41, 5.74) is -1.17. The molecule has 0 aromatic heterocycles. The zero-order chi connectivity index (χ0) is 15.7. The summed E-state index contributed by atoms with van der Waals surface area (Å²) in [5, 5.41) is 0. The van der Waals surface area contributed by atoms with E-state index in [1.807, 2.05) is 0 Å². The second-order valence-corrected chi connectivity index (χ2v) is 5.83. The van der Waals surface area contributed by atoms with Crippen molar-refractivity contribution in [2.45, 2.75) is 37.4 Å². The van der Waals surface area contributed by atoms with Crippen LogP contribution in [0.4, 0.5) is 13.2 Å². The number of benzene rings is 1. The second-order valence-electron chi connectivity index (χ2n) is 4.97. The molecule has 1 aromatic carbocycles. The Balaban J connectivity index is 2.66. The van der Waals surface area contributed by atoms with Crippen LogP contribution >= 0.6 is 15.9 Å². The van der Waals surface area contributed by atoms with Crippen molar-refractivity contribution in [1.82, 2.24) is 0 Å². The first-order chi connectivity index (χ1) is 9.84. The van der Waals surface area contributed by atoms with Crippen molar-refractivity contribution < 1.29 is 22.7 Å². The summed E-state index contributed by atoms with van der Waals surface area (Å²) in [6.07, 6.45) is -0.0487. The molecule has 21 heavy (non-hydrogen) atoms. The Morgan fingerprint density at radius 2 is 1.95 bits per heavy atom. The summed E-state index contributed by atoms with van der Waals surface area (Å²) in [6, 6.07) is 1.94. The molecule has 0 N–H and O–H groups in total. The van der Waals surface area contributed by atoms with E-state index < -0.39 is 17.3 Å². The fourth-order valence-electron chi connectivity index (χ4n) is 2.82. The zero-order valence-corrected chi connectivity index (χ0v) is 12.8. The van der Waals surface area contributed by atoms with E-state index in [1.54, 1.807) is 6.08 Å². The molecule has 0 radical (unpaired) electrons. The van der Waals surface area contributed by atoms with Crippen molar-refractivity contribution in [1.29, 1.82) is 0 Å². The lowest BCUT2D eigenvalue weighted by atomic mass is 9.87. The van der Waals surface area contributed by atoms with Crippen molar-refractivity contribution in [3.63, 3.8) is 0 Å². The molecule has 0 spiro atoms. The summed E-state index contributed by atoms with van der Waals surface area (Å²) in [5.74, 6) is 0.0811. The van der Waals surface area contributed by atoms with Gasteiger partial charge in [-0.3, -0.25) is 0 Å². The predicted octanol–water partition coefficient (Wildman–Crippen LogP) is 4.58. The Labute approximate surface area is 128 Å². The van der Waals surface area contributed by atoms with Crippen LogP contribution in [0.3, 0.4) is 0 Å². The van der Waals surface area contributed by atoms with E-state index in [-0.39, 0.29) is 10.2 Å². The molecular weight excluding hydrogens is 351 g/mol. The number of hydrogen-bond donors (Lipinski definition) is 0. The van der Waals surface area contributed by atoms with Gasteiger partial charge < -0.3 is 4.74 Å². The molecule has 1 fully saturated rings. The summed E-state index contributed by atoms with van der Waals surface area (Å²) in [4.78, 5) is 14.6. The summed E-state index contributed by atoms with van der Waals surface area (Å²) < 4.78 is 44.0. The van der Waals surface area contributed by atoms with Crippen molar-refractivity contribution >= 4 is 22.0 Å². The van der Waals surface area contributed by atoms with E-state index in [0.29, 0.717) is 18.4 Å². The van der Waals surface area contributed by atoms with Crippen molar-refractivity contribution in [3.05, 3.63) is 27.7 Å². The largest absolute Gasteiger partial charge is 0.496 e. The SMILES string of the molecule is COc1cc(C(F)(F)F)cc(Br)c1C1(N=C=O)CCCC1. The minimum absolute atomic E-state index is 0.0811. The number of alkyl halides is 3. The second kappa shape index (κ2) is 5.81. The van der Waals surface area contributed by atoms with Crippen LogP contribution < -0.4 is 4.74 Å². The highest BCUT2D eigenvalue weighted by molar-refractivity contribution is 9.10. The topological polar surface area (TPSA) is 38.7 Å². The van der Waals surface area contributed by atoms with Gasteiger partial charge in [0.25, 0.3) is 0 Å². The average Bonchev–Trinajstić information content (AvgIpc) is 2.86. The van der Waals surface area contributed by atoms with Gasteiger partial charge in [0.15, 0.2) is 0 Å². The highest BCUT2D eigenvalue weighted by atomic mass is 79.9. The molecule has 0 heterocycles. The maximum absolute atomic E-state index is 12.9. The monoisotopic (exact) mass is 363 g/mol. The van der Waals surface area contributed by atoms with Crippen LogP contribution in [0.1, 0.15) is 36.8 Å². The van der Waals surface area contributed by atoms with Crippen molar-refractivity contribution in [3.8, 4) is 5.75 Å².